The average molecular weight is 499 g/mol. The highest BCUT2D eigenvalue weighted by molar-refractivity contribution is 6.35. The van der Waals surface area contributed by atoms with Gasteiger partial charge in [0.15, 0.2) is 11.4 Å². The second-order valence-electron chi connectivity index (χ2n) is 8.32. The van der Waals surface area contributed by atoms with Crippen LogP contribution in [0.2, 0.25) is 10.0 Å². The van der Waals surface area contributed by atoms with Gasteiger partial charge in [-0.05, 0) is 55.5 Å². The first-order valence-electron chi connectivity index (χ1n) is 10.9. The summed E-state index contributed by atoms with van der Waals surface area (Å²) in [7, 11) is 0. The summed E-state index contributed by atoms with van der Waals surface area (Å²) in [6.07, 6.45) is 3.97. The molecule has 2 aromatic heterocycles. The number of alkyl halides is 1. The Kier molecular flexibility index (Phi) is 6.15. The first-order valence-corrected chi connectivity index (χ1v) is 11.6. The fraction of sp³-hybridized carbons (Fsp3) is 0.240. The maximum atomic E-state index is 14.9. The van der Waals surface area contributed by atoms with E-state index in [1.807, 2.05) is 18.2 Å². The van der Waals surface area contributed by atoms with Gasteiger partial charge in [0.25, 0.3) is 5.91 Å². The number of nitrogens with zero attached hydrogens (tertiary/aromatic N) is 3. The third-order valence-corrected chi connectivity index (χ3v) is 6.23. The molecule has 0 spiro atoms. The molecule has 0 radical (unpaired) electrons. The zero-order valence-corrected chi connectivity index (χ0v) is 19.8. The molecule has 1 aliphatic rings. The molecule has 1 unspecified atom stereocenters. The molecule has 1 amide bonds. The maximum Gasteiger partial charge on any atom is 0.272 e. The molecular weight excluding hydrogens is 478 g/mol. The lowest BCUT2D eigenvalue weighted by Gasteiger charge is -2.15. The Balaban J connectivity index is 1.42. The average Bonchev–Trinajstić information content (AvgIpc) is 3.58. The highest BCUT2D eigenvalue weighted by Crippen LogP contribution is 2.41. The van der Waals surface area contributed by atoms with Crippen molar-refractivity contribution in [1.29, 1.82) is 0 Å². The van der Waals surface area contributed by atoms with Gasteiger partial charge in [-0.1, -0.05) is 41.4 Å². The minimum atomic E-state index is -1.52. The number of hydrogen-bond donors (Lipinski definition) is 1. The van der Waals surface area contributed by atoms with E-state index >= 15 is 0 Å². The summed E-state index contributed by atoms with van der Waals surface area (Å²) < 4.78 is 22.5. The lowest BCUT2D eigenvalue weighted by Crippen LogP contribution is -2.29. The van der Waals surface area contributed by atoms with Crippen LogP contribution in [0, 0.1) is 6.92 Å². The van der Waals surface area contributed by atoms with Crippen LogP contribution < -0.4 is 10.1 Å². The van der Waals surface area contributed by atoms with Crippen molar-refractivity contribution in [3.63, 3.8) is 0 Å². The summed E-state index contributed by atoms with van der Waals surface area (Å²) >= 11 is 12.0. The summed E-state index contributed by atoms with van der Waals surface area (Å²) in [5, 5.41) is 3.25. The van der Waals surface area contributed by atoms with Gasteiger partial charge in [0.05, 0.1) is 18.4 Å². The second-order valence-corrected chi connectivity index (χ2v) is 9.16. The fourth-order valence-corrected chi connectivity index (χ4v) is 4.37. The summed E-state index contributed by atoms with van der Waals surface area (Å²) in [6, 6.07) is 12.3. The highest BCUT2D eigenvalue weighted by Gasteiger charge is 2.25. The van der Waals surface area contributed by atoms with Crippen molar-refractivity contribution < 1.29 is 13.9 Å². The minimum Gasteiger partial charge on any atom is -0.453 e. The summed E-state index contributed by atoms with van der Waals surface area (Å²) in [6.45, 7) is 1.52. The molecule has 0 bridgehead atoms. The van der Waals surface area contributed by atoms with E-state index in [2.05, 4.69) is 21.4 Å². The van der Waals surface area contributed by atoms with Gasteiger partial charge in [-0.15, -0.1) is 0 Å². The van der Waals surface area contributed by atoms with E-state index in [1.54, 1.807) is 23.6 Å². The van der Waals surface area contributed by atoms with Gasteiger partial charge in [-0.25, -0.2) is 14.4 Å². The Morgan fingerprint density at radius 3 is 2.85 bits per heavy atom. The Bertz CT molecular complexity index is 1390. The van der Waals surface area contributed by atoms with E-state index in [0.717, 1.165) is 0 Å². The number of carbonyl (C=O) groups excluding carboxylic acids is 1. The molecular formula is C25H21Cl2FN4O2. The Morgan fingerprint density at radius 2 is 2.09 bits per heavy atom. The SMILES string of the molecule is Cc1cn2c(C(=O)NCC(F)c3ccc(Cl)cc3Cl)c(Oc3cccc(C4CC4)c3)cnc2n1. The molecule has 1 fully saturated rings. The molecule has 5 rings (SSSR count). The Labute approximate surface area is 205 Å². The van der Waals surface area contributed by atoms with Gasteiger partial charge in [0, 0.05) is 21.8 Å². The number of aromatic nitrogens is 3. The number of benzene rings is 2. The van der Waals surface area contributed by atoms with E-state index < -0.39 is 12.1 Å². The number of imidazole rings is 1. The van der Waals surface area contributed by atoms with Crippen LogP contribution in [0.15, 0.2) is 54.9 Å². The van der Waals surface area contributed by atoms with Crippen LogP contribution in [0.5, 0.6) is 11.5 Å². The number of nitrogens with one attached hydrogen (secondary N) is 1. The monoisotopic (exact) mass is 498 g/mol. The molecule has 1 saturated carbocycles. The molecule has 6 nitrogen and oxygen atoms in total. The van der Waals surface area contributed by atoms with E-state index in [-0.39, 0.29) is 28.6 Å². The normalized spacial score (nSPS) is 14.2. The highest BCUT2D eigenvalue weighted by atomic mass is 35.5. The number of halogens is 3. The van der Waals surface area contributed by atoms with Crippen molar-refractivity contribution in [1.82, 2.24) is 19.7 Å². The summed E-state index contributed by atoms with van der Waals surface area (Å²) in [4.78, 5) is 21.9. The van der Waals surface area contributed by atoms with Crippen molar-refractivity contribution in [3.8, 4) is 11.5 Å². The third-order valence-electron chi connectivity index (χ3n) is 5.67. The smallest absolute Gasteiger partial charge is 0.272 e. The molecule has 1 atom stereocenters. The minimum absolute atomic E-state index is 0.178. The number of carbonyl (C=O) groups is 1. The number of hydrogen-bond acceptors (Lipinski definition) is 4. The van der Waals surface area contributed by atoms with Crippen molar-refractivity contribution >= 4 is 34.9 Å². The van der Waals surface area contributed by atoms with Crippen LogP contribution in [0.1, 0.15) is 52.2 Å². The molecule has 9 heteroatoms. The van der Waals surface area contributed by atoms with E-state index in [4.69, 9.17) is 27.9 Å². The number of ether oxygens (including phenoxy) is 1. The summed E-state index contributed by atoms with van der Waals surface area (Å²) in [5.74, 6) is 1.23. The van der Waals surface area contributed by atoms with Gasteiger partial charge in [-0.2, -0.15) is 0 Å². The van der Waals surface area contributed by atoms with Crippen molar-refractivity contribution in [3.05, 3.63) is 87.4 Å². The second kappa shape index (κ2) is 9.24. The quantitative estimate of drug-likeness (QED) is 0.317. The summed E-state index contributed by atoms with van der Waals surface area (Å²) in [5.41, 5.74) is 2.32. The van der Waals surface area contributed by atoms with Crippen LogP contribution >= 0.6 is 23.2 Å². The molecule has 34 heavy (non-hydrogen) atoms. The third kappa shape index (κ3) is 4.72. The van der Waals surface area contributed by atoms with Crippen LogP contribution in [0.4, 0.5) is 4.39 Å². The zero-order valence-electron chi connectivity index (χ0n) is 18.3. The number of fused-ring (bicyclic) bond motifs is 1. The van der Waals surface area contributed by atoms with Crippen molar-refractivity contribution in [2.75, 3.05) is 6.54 Å². The van der Waals surface area contributed by atoms with Crippen LogP contribution in [0.3, 0.4) is 0 Å². The number of rotatable bonds is 7. The van der Waals surface area contributed by atoms with E-state index in [0.29, 0.717) is 28.2 Å². The number of amides is 1. The molecule has 1 N–H and O–H groups in total. The molecule has 4 aromatic rings. The van der Waals surface area contributed by atoms with E-state index in [9.17, 15) is 9.18 Å². The van der Waals surface area contributed by atoms with Gasteiger partial charge in [0.2, 0.25) is 5.78 Å². The maximum absolute atomic E-state index is 14.9. The van der Waals surface area contributed by atoms with Crippen LogP contribution in [0.25, 0.3) is 5.78 Å². The first kappa shape index (κ1) is 22.6. The van der Waals surface area contributed by atoms with Gasteiger partial charge < -0.3 is 10.1 Å². The van der Waals surface area contributed by atoms with Crippen LogP contribution in [-0.4, -0.2) is 26.8 Å². The molecule has 2 heterocycles. The molecule has 0 aliphatic heterocycles. The molecule has 2 aromatic carbocycles. The standard InChI is InChI=1S/C25H21Cl2FN4O2/c1-14-13-32-23(24(33)29-11-21(28)19-8-7-17(26)10-20(19)27)22(12-30-25(32)31-14)34-18-4-2-3-16(9-18)15-5-6-15/h2-4,7-10,12-13,15,21H,5-6,11H2,1H3,(H,29,33). The number of aryl methyl sites for hydroxylation is 1. The first-order chi connectivity index (χ1) is 16.4. The largest absolute Gasteiger partial charge is 0.453 e. The topological polar surface area (TPSA) is 68.5 Å². The van der Waals surface area contributed by atoms with E-state index in [1.165, 1.54) is 36.7 Å². The lowest BCUT2D eigenvalue weighted by atomic mass is 10.1. The Morgan fingerprint density at radius 1 is 1.26 bits per heavy atom. The molecule has 1 aliphatic carbocycles. The van der Waals surface area contributed by atoms with Crippen molar-refractivity contribution in [2.24, 2.45) is 0 Å². The predicted molar refractivity (Wildman–Crippen MR) is 129 cm³/mol. The van der Waals surface area contributed by atoms with Gasteiger partial charge in [-0.3, -0.25) is 9.20 Å². The molecule has 0 saturated heterocycles. The predicted octanol–water partition coefficient (Wildman–Crippen LogP) is 6.45. The van der Waals surface area contributed by atoms with Gasteiger partial charge >= 0.3 is 0 Å². The fourth-order valence-electron chi connectivity index (χ4n) is 3.84. The Hall–Kier alpha value is -3.16. The van der Waals surface area contributed by atoms with Crippen molar-refractivity contribution in [2.45, 2.75) is 31.9 Å². The zero-order chi connectivity index (χ0) is 23.8. The lowest BCUT2D eigenvalue weighted by molar-refractivity contribution is 0.0932. The van der Waals surface area contributed by atoms with Crippen LogP contribution in [-0.2, 0) is 0 Å². The van der Waals surface area contributed by atoms with Gasteiger partial charge in [0.1, 0.15) is 11.9 Å². The molecule has 174 valence electrons.